The molecule has 2 rings (SSSR count). The fourth-order valence-corrected chi connectivity index (χ4v) is 5.41. The summed E-state index contributed by atoms with van der Waals surface area (Å²) in [5, 5.41) is 8.83. The van der Waals surface area contributed by atoms with Gasteiger partial charge in [-0.05, 0) is 36.8 Å². The minimum Gasteiger partial charge on any atom is -0.198 e. The molecule has 0 spiro atoms. The Kier molecular flexibility index (Phi) is 4.42. The molecule has 1 fully saturated rings. The van der Waals surface area contributed by atoms with E-state index >= 15 is 0 Å². The van der Waals surface area contributed by atoms with Crippen LogP contribution in [0, 0.1) is 18.3 Å². The van der Waals surface area contributed by atoms with Gasteiger partial charge in [0.2, 0.25) is 0 Å². The van der Waals surface area contributed by atoms with Gasteiger partial charge in [0.05, 0.1) is 10.1 Å². The molecule has 1 aromatic carbocycles. The lowest BCUT2D eigenvalue weighted by molar-refractivity contribution is 0.767. The van der Waals surface area contributed by atoms with Crippen molar-refractivity contribution in [2.45, 2.75) is 30.3 Å². The molecule has 1 nitrogen and oxygen atoms in total. The molecule has 0 aliphatic carbocycles. The molecule has 1 aromatic rings. The first-order valence-corrected chi connectivity index (χ1v) is 7.96. The zero-order chi connectivity index (χ0) is 12.1. The molecule has 1 aliphatic heterocycles. The van der Waals surface area contributed by atoms with Crippen LogP contribution in [0.5, 0.6) is 0 Å². The first kappa shape index (κ1) is 12.9. The monoisotopic (exact) mass is 263 g/mol. The van der Waals surface area contributed by atoms with Gasteiger partial charge in [-0.2, -0.15) is 5.26 Å². The van der Waals surface area contributed by atoms with Gasteiger partial charge in [0.25, 0.3) is 0 Å². The first-order chi connectivity index (χ1) is 8.27. The highest BCUT2D eigenvalue weighted by Crippen LogP contribution is 2.53. The number of rotatable bonds is 3. The summed E-state index contributed by atoms with van der Waals surface area (Å²) in [4.78, 5) is 0. The Morgan fingerprint density at radius 3 is 2.47 bits per heavy atom. The minimum absolute atomic E-state index is 0.127. The lowest BCUT2D eigenvalue weighted by atomic mass is 10.1. The number of benzene rings is 1. The second kappa shape index (κ2) is 5.84. The molecule has 3 heteroatoms. The molecule has 1 aliphatic rings. The third-order valence-corrected chi connectivity index (χ3v) is 6.52. The molecule has 0 radical (unpaired) electrons. The van der Waals surface area contributed by atoms with Gasteiger partial charge >= 0.3 is 0 Å². The highest BCUT2D eigenvalue weighted by atomic mass is 32.2. The van der Waals surface area contributed by atoms with Crippen LogP contribution in [0.3, 0.4) is 0 Å². The maximum absolute atomic E-state index is 8.83. The molecule has 0 saturated carbocycles. The van der Waals surface area contributed by atoms with E-state index in [4.69, 9.17) is 5.26 Å². The van der Waals surface area contributed by atoms with E-state index in [0.29, 0.717) is 6.42 Å². The zero-order valence-corrected chi connectivity index (χ0v) is 11.7. The van der Waals surface area contributed by atoms with Crippen molar-refractivity contribution in [2.75, 3.05) is 11.5 Å². The summed E-state index contributed by atoms with van der Waals surface area (Å²) in [5.41, 5.74) is 2.68. The molecule has 17 heavy (non-hydrogen) atoms. The fourth-order valence-electron chi connectivity index (χ4n) is 2.06. The van der Waals surface area contributed by atoms with Crippen LogP contribution in [0.4, 0.5) is 0 Å². The quantitative estimate of drug-likeness (QED) is 0.811. The van der Waals surface area contributed by atoms with Crippen molar-refractivity contribution in [2.24, 2.45) is 0 Å². The van der Waals surface area contributed by atoms with Crippen molar-refractivity contribution >= 4 is 23.5 Å². The number of hydrogen-bond donors (Lipinski definition) is 0. The molecular formula is C14H17NS2. The van der Waals surface area contributed by atoms with Gasteiger partial charge in [0.1, 0.15) is 0 Å². The predicted octanol–water partition coefficient (Wildman–Crippen LogP) is 4.32. The van der Waals surface area contributed by atoms with E-state index in [1.165, 1.54) is 29.1 Å². The summed E-state index contributed by atoms with van der Waals surface area (Å²) in [6.07, 6.45) is 2.89. The molecule has 0 N–H and O–H groups in total. The summed E-state index contributed by atoms with van der Waals surface area (Å²) in [7, 11) is 0. The number of nitrogens with zero attached hydrogens (tertiary/aromatic N) is 1. The lowest BCUT2D eigenvalue weighted by Crippen LogP contribution is -2.22. The van der Waals surface area contributed by atoms with Crippen molar-refractivity contribution in [3.63, 3.8) is 0 Å². The molecule has 0 aromatic heterocycles. The molecule has 0 bridgehead atoms. The fraction of sp³-hybridized carbons (Fsp3) is 0.500. The van der Waals surface area contributed by atoms with Crippen LogP contribution < -0.4 is 0 Å². The largest absolute Gasteiger partial charge is 0.198 e. The topological polar surface area (TPSA) is 23.8 Å². The van der Waals surface area contributed by atoms with E-state index in [1.54, 1.807) is 0 Å². The lowest BCUT2D eigenvalue weighted by Gasteiger charge is -2.36. The van der Waals surface area contributed by atoms with E-state index in [-0.39, 0.29) is 4.08 Å². The van der Waals surface area contributed by atoms with E-state index in [2.05, 4.69) is 37.3 Å². The Morgan fingerprint density at radius 1 is 1.24 bits per heavy atom. The molecule has 1 saturated heterocycles. The third-order valence-electron chi connectivity index (χ3n) is 3.02. The van der Waals surface area contributed by atoms with Crippen LogP contribution in [-0.4, -0.2) is 11.5 Å². The maximum Gasteiger partial charge on any atom is 0.0869 e. The van der Waals surface area contributed by atoms with E-state index in [9.17, 15) is 0 Å². The highest BCUT2D eigenvalue weighted by Gasteiger charge is 2.34. The zero-order valence-electron chi connectivity index (χ0n) is 10.1. The predicted molar refractivity (Wildman–Crippen MR) is 77.2 cm³/mol. The summed E-state index contributed by atoms with van der Waals surface area (Å²) >= 11 is 4.04. The molecule has 0 atom stereocenters. The Morgan fingerprint density at radius 2 is 1.88 bits per heavy atom. The average molecular weight is 263 g/mol. The van der Waals surface area contributed by atoms with Gasteiger partial charge in [-0.1, -0.05) is 29.8 Å². The van der Waals surface area contributed by atoms with Gasteiger partial charge in [-0.15, -0.1) is 23.5 Å². The van der Waals surface area contributed by atoms with Crippen molar-refractivity contribution in [3.8, 4) is 6.07 Å². The van der Waals surface area contributed by atoms with E-state index < -0.39 is 0 Å². The molecule has 1 heterocycles. The van der Waals surface area contributed by atoms with Crippen LogP contribution in [0.1, 0.15) is 30.4 Å². The Hall–Kier alpha value is -0.590. The Labute approximate surface area is 112 Å². The van der Waals surface area contributed by atoms with Crippen molar-refractivity contribution in [1.29, 1.82) is 5.26 Å². The van der Waals surface area contributed by atoms with Crippen LogP contribution in [-0.2, 0) is 4.08 Å². The second-order valence-electron chi connectivity index (χ2n) is 4.33. The van der Waals surface area contributed by atoms with Crippen molar-refractivity contribution in [1.82, 2.24) is 0 Å². The van der Waals surface area contributed by atoms with Gasteiger partial charge in [-0.25, -0.2) is 0 Å². The van der Waals surface area contributed by atoms with Gasteiger partial charge < -0.3 is 0 Å². The standard InChI is InChI=1S/C14H17NS2/c1-12-4-6-13(7-5-12)14(8-2-9-15)16-10-3-11-17-14/h4-7H,2-3,8,10-11H2,1H3. The number of thioether (sulfide) groups is 2. The van der Waals surface area contributed by atoms with E-state index in [0.717, 1.165) is 6.42 Å². The van der Waals surface area contributed by atoms with Gasteiger partial charge in [0.15, 0.2) is 0 Å². The smallest absolute Gasteiger partial charge is 0.0869 e. The summed E-state index contributed by atoms with van der Waals surface area (Å²) < 4.78 is 0.127. The normalized spacial score (nSPS) is 18.6. The molecule has 0 unspecified atom stereocenters. The average Bonchev–Trinajstić information content (AvgIpc) is 2.38. The molecule has 90 valence electrons. The van der Waals surface area contributed by atoms with Crippen molar-refractivity contribution < 1.29 is 0 Å². The number of hydrogen-bond acceptors (Lipinski definition) is 3. The SMILES string of the molecule is Cc1ccc(C2(CCC#N)SCCCS2)cc1. The Bertz CT molecular complexity index is 399. The highest BCUT2D eigenvalue weighted by molar-refractivity contribution is 8.18. The van der Waals surface area contributed by atoms with Crippen molar-refractivity contribution in [3.05, 3.63) is 35.4 Å². The van der Waals surface area contributed by atoms with E-state index in [1.807, 2.05) is 23.5 Å². The number of aryl methyl sites for hydroxylation is 1. The van der Waals surface area contributed by atoms with Gasteiger partial charge in [0, 0.05) is 6.42 Å². The molecule has 0 amide bonds. The van der Waals surface area contributed by atoms with Crippen LogP contribution in [0.25, 0.3) is 0 Å². The summed E-state index contributed by atoms with van der Waals surface area (Å²) in [6.45, 7) is 2.12. The summed E-state index contributed by atoms with van der Waals surface area (Å²) in [6, 6.07) is 11.1. The van der Waals surface area contributed by atoms with Crippen LogP contribution >= 0.6 is 23.5 Å². The third kappa shape index (κ3) is 3.00. The number of nitriles is 1. The second-order valence-corrected chi connectivity index (χ2v) is 7.37. The first-order valence-electron chi connectivity index (χ1n) is 5.99. The van der Waals surface area contributed by atoms with Crippen LogP contribution in [0.15, 0.2) is 24.3 Å². The molecular weight excluding hydrogens is 246 g/mol. The van der Waals surface area contributed by atoms with Gasteiger partial charge in [-0.3, -0.25) is 0 Å². The summed E-state index contributed by atoms with van der Waals surface area (Å²) in [5.74, 6) is 2.43. The van der Waals surface area contributed by atoms with Crippen LogP contribution in [0.2, 0.25) is 0 Å². The maximum atomic E-state index is 8.83. The minimum atomic E-state index is 0.127. The Balaban J connectivity index is 2.25.